The van der Waals surface area contributed by atoms with E-state index in [1.165, 1.54) is 12.1 Å². The molecule has 0 aliphatic rings. The minimum atomic E-state index is -0.712. The molecule has 1 heterocycles. The Bertz CT molecular complexity index is 649. The average molecular weight is 360 g/mol. The number of aromatic hydroxyl groups is 1. The Labute approximate surface area is 130 Å². The Morgan fingerprint density at radius 2 is 2.05 bits per heavy atom. The Kier molecular flexibility index (Phi) is 4.60. The summed E-state index contributed by atoms with van der Waals surface area (Å²) >= 11 is 9.45. The number of halogens is 3. The van der Waals surface area contributed by atoms with Crippen molar-refractivity contribution in [2.24, 2.45) is 5.92 Å². The van der Waals surface area contributed by atoms with Crippen LogP contribution in [0, 0.1) is 11.7 Å². The van der Waals surface area contributed by atoms with Crippen molar-refractivity contribution in [3.63, 3.8) is 0 Å². The van der Waals surface area contributed by atoms with E-state index < -0.39 is 11.6 Å². The number of rotatable bonds is 3. The standard InChI is InChI=1S/C14H13BrClFN2O/c1-7(2)5-10-12(15)13(16)19-14(18-10)8-3-4-11(20)9(17)6-8/h3-4,6-7,20H,5H2,1-2H3. The van der Waals surface area contributed by atoms with Crippen LogP contribution in [0.3, 0.4) is 0 Å². The second-order valence-electron chi connectivity index (χ2n) is 4.86. The van der Waals surface area contributed by atoms with Crippen LogP contribution in [0.5, 0.6) is 5.75 Å². The normalized spacial score (nSPS) is 11.1. The van der Waals surface area contributed by atoms with Crippen molar-refractivity contribution in [1.82, 2.24) is 9.97 Å². The minimum absolute atomic E-state index is 0.291. The van der Waals surface area contributed by atoms with E-state index in [0.29, 0.717) is 26.9 Å². The Morgan fingerprint density at radius 3 is 2.65 bits per heavy atom. The highest BCUT2D eigenvalue weighted by Gasteiger charge is 2.14. The van der Waals surface area contributed by atoms with E-state index in [9.17, 15) is 9.50 Å². The summed E-state index contributed by atoms with van der Waals surface area (Å²) in [6.07, 6.45) is 0.733. The molecule has 1 aromatic heterocycles. The Balaban J connectivity index is 2.51. The third-order valence-corrected chi connectivity index (χ3v) is 4.02. The Hall–Kier alpha value is -1.20. The minimum Gasteiger partial charge on any atom is -0.505 e. The number of aromatic nitrogens is 2. The topological polar surface area (TPSA) is 46.0 Å². The van der Waals surface area contributed by atoms with E-state index in [0.717, 1.165) is 12.1 Å². The third-order valence-electron chi connectivity index (χ3n) is 2.69. The lowest BCUT2D eigenvalue weighted by Gasteiger charge is -2.10. The molecule has 0 aliphatic carbocycles. The van der Waals surface area contributed by atoms with Crippen molar-refractivity contribution in [2.45, 2.75) is 20.3 Å². The van der Waals surface area contributed by atoms with Crippen LogP contribution >= 0.6 is 27.5 Å². The second kappa shape index (κ2) is 6.06. The van der Waals surface area contributed by atoms with Crippen molar-refractivity contribution in [3.8, 4) is 17.1 Å². The fraction of sp³-hybridized carbons (Fsp3) is 0.286. The number of benzene rings is 1. The fourth-order valence-corrected chi connectivity index (χ4v) is 2.29. The molecule has 1 N–H and O–H groups in total. The smallest absolute Gasteiger partial charge is 0.165 e. The summed E-state index contributed by atoms with van der Waals surface area (Å²) in [6.45, 7) is 4.14. The van der Waals surface area contributed by atoms with Crippen molar-refractivity contribution in [3.05, 3.63) is 39.3 Å². The summed E-state index contributed by atoms with van der Waals surface area (Å²) in [5.74, 6) is -0.371. The van der Waals surface area contributed by atoms with Crippen molar-refractivity contribution in [2.75, 3.05) is 0 Å². The van der Waals surface area contributed by atoms with Crippen molar-refractivity contribution < 1.29 is 9.50 Å². The molecular weight excluding hydrogens is 347 g/mol. The molecule has 0 bridgehead atoms. The highest BCUT2D eigenvalue weighted by Crippen LogP contribution is 2.29. The number of hydrogen-bond donors (Lipinski definition) is 1. The maximum Gasteiger partial charge on any atom is 0.165 e. The van der Waals surface area contributed by atoms with Crippen molar-refractivity contribution >= 4 is 27.5 Å². The van der Waals surface area contributed by atoms with Crippen LogP contribution in [0.2, 0.25) is 5.15 Å². The van der Waals surface area contributed by atoms with Crippen molar-refractivity contribution in [1.29, 1.82) is 0 Å². The fourth-order valence-electron chi connectivity index (χ4n) is 1.76. The summed E-state index contributed by atoms with van der Waals surface area (Å²) in [6, 6.07) is 4.01. The van der Waals surface area contributed by atoms with E-state index in [-0.39, 0.29) is 0 Å². The first kappa shape index (κ1) is 15.2. The van der Waals surface area contributed by atoms with Gasteiger partial charge in [-0.2, -0.15) is 0 Å². The van der Waals surface area contributed by atoms with Crippen LogP contribution in [-0.2, 0) is 6.42 Å². The predicted octanol–water partition coefficient (Wildman–Crippen LogP) is 4.60. The summed E-state index contributed by atoms with van der Waals surface area (Å²) in [5, 5.41) is 9.50. The van der Waals surface area contributed by atoms with Gasteiger partial charge in [0, 0.05) is 5.56 Å². The zero-order chi connectivity index (χ0) is 14.9. The first-order chi connectivity index (χ1) is 9.38. The van der Waals surface area contributed by atoms with Gasteiger partial charge in [0.05, 0.1) is 10.2 Å². The molecule has 0 saturated heterocycles. The van der Waals surface area contributed by atoms with Gasteiger partial charge in [-0.1, -0.05) is 25.4 Å². The maximum absolute atomic E-state index is 13.4. The molecule has 0 radical (unpaired) electrons. The lowest BCUT2D eigenvalue weighted by Crippen LogP contribution is -2.03. The van der Waals surface area contributed by atoms with Crippen LogP contribution in [0.15, 0.2) is 22.7 Å². The van der Waals surface area contributed by atoms with Gasteiger partial charge >= 0.3 is 0 Å². The molecule has 3 nitrogen and oxygen atoms in total. The molecular formula is C14H13BrClFN2O. The number of nitrogens with zero attached hydrogens (tertiary/aromatic N) is 2. The van der Waals surface area contributed by atoms with Gasteiger partial charge in [0.15, 0.2) is 17.4 Å². The van der Waals surface area contributed by atoms with Gasteiger partial charge in [-0.3, -0.25) is 0 Å². The lowest BCUT2D eigenvalue weighted by molar-refractivity contribution is 0.432. The highest BCUT2D eigenvalue weighted by molar-refractivity contribution is 9.10. The molecule has 2 aromatic rings. The van der Waals surface area contributed by atoms with Gasteiger partial charge in [-0.15, -0.1) is 0 Å². The van der Waals surface area contributed by atoms with Gasteiger partial charge in [-0.25, -0.2) is 14.4 Å². The predicted molar refractivity (Wildman–Crippen MR) is 80.3 cm³/mol. The maximum atomic E-state index is 13.4. The first-order valence-electron chi connectivity index (χ1n) is 6.09. The van der Waals surface area contributed by atoms with E-state index in [1.807, 2.05) is 0 Å². The van der Waals surface area contributed by atoms with Gasteiger partial charge in [0.25, 0.3) is 0 Å². The zero-order valence-corrected chi connectivity index (χ0v) is 13.3. The zero-order valence-electron chi connectivity index (χ0n) is 11.0. The van der Waals surface area contributed by atoms with Gasteiger partial charge in [0.1, 0.15) is 5.15 Å². The largest absolute Gasteiger partial charge is 0.505 e. The molecule has 0 fully saturated rings. The molecule has 0 aliphatic heterocycles. The van der Waals surface area contributed by atoms with Gasteiger partial charge < -0.3 is 5.11 Å². The van der Waals surface area contributed by atoms with E-state index in [2.05, 4.69) is 39.7 Å². The summed E-state index contributed by atoms with van der Waals surface area (Å²) < 4.78 is 14.1. The van der Waals surface area contributed by atoms with E-state index >= 15 is 0 Å². The second-order valence-corrected chi connectivity index (χ2v) is 6.01. The SMILES string of the molecule is CC(C)Cc1nc(-c2ccc(O)c(F)c2)nc(Cl)c1Br. The first-order valence-corrected chi connectivity index (χ1v) is 7.26. The quantitative estimate of drug-likeness (QED) is 0.815. The van der Waals surface area contributed by atoms with Crippen LogP contribution in [0.1, 0.15) is 19.5 Å². The molecule has 2 rings (SSSR count). The van der Waals surface area contributed by atoms with E-state index in [4.69, 9.17) is 11.6 Å². The van der Waals surface area contributed by atoms with Crippen LogP contribution in [0.4, 0.5) is 4.39 Å². The summed E-state index contributed by atoms with van der Waals surface area (Å²) in [4.78, 5) is 8.56. The number of phenolic OH excluding ortho intramolecular Hbond substituents is 1. The molecule has 0 saturated carbocycles. The Morgan fingerprint density at radius 1 is 1.35 bits per heavy atom. The number of hydrogen-bond acceptors (Lipinski definition) is 3. The van der Waals surface area contributed by atoms with Crippen LogP contribution < -0.4 is 0 Å². The molecule has 6 heteroatoms. The summed E-state index contributed by atoms with van der Waals surface area (Å²) in [7, 11) is 0. The van der Waals surface area contributed by atoms with Crippen LogP contribution in [-0.4, -0.2) is 15.1 Å². The summed E-state index contributed by atoms with van der Waals surface area (Å²) in [5.41, 5.74) is 1.25. The molecule has 0 atom stereocenters. The lowest BCUT2D eigenvalue weighted by atomic mass is 10.1. The van der Waals surface area contributed by atoms with Gasteiger partial charge in [0.2, 0.25) is 0 Å². The third kappa shape index (κ3) is 3.27. The molecule has 1 aromatic carbocycles. The number of phenols is 1. The molecule has 0 amide bonds. The average Bonchev–Trinajstić information content (AvgIpc) is 2.37. The molecule has 0 unspecified atom stereocenters. The van der Waals surface area contributed by atoms with Gasteiger partial charge in [-0.05, 0) is 46.5 Å². The highest BCUT2D eigenvalue weighted by atomic mass is 79.9. The molecule has 20 heavy (non-hydrogen) atoms. The van der Waals surface area contributed by atoms with E-state index in [1.54, 1.807) is 6.07 Å². The molecule has 106 valence electrons. The molecule has 0 spiro atoms. The monoisotopic (exact) mass is 358 g/mol. The van der Waals surface area contributed by atoms with Crippen LogP contribution in [0.25, 0.3) is 11.4 Å².